The zero-order chi connectivity index (χ0) is 25.7. The van der Waals surface area contributed by atoms with Gasteiger partial charge in [0.25, 0.3) is 0 Å². The topological polar surface area (TPSA) is 174 Å². The van der Waals surface area contributed by atoms with Crippen LogP contribution in [-0.4, -0.2) is 72.1 Å². The van der Waals surface area contributed by atoms with Crippen molar-refractivity contribution in [2.75, 3.05) is 6.54 Å². The van der Waals surface area contributed by atoms with Crippen LogP contribution < -0.4 is 45.5 Å². The number of aliphatic hydroxyl groups excluding tert-OH is 1. The summed E-state index contributed by atoms with van der Waals surface area (Å²) in [6.07, 6.45) is -2.49. The monoisotopic (exact) mass is 535 g/mol. The van der Waals surface area contributed by atoms with Crippen molar-refractivity contribution in [1.29, 1.82) is 0 Å². The van der Waals surface area contributed by atoms with E-state index < -0.39 is 76.3 Å². The summed E-state index contributed by atoms with van der Waals surface area (Å²) in [4.78, 5) is 37.1. The predicted molar refractivity (Wildman–Crippen MR) is 113 cm³/mol. The smallest absolute Gasteiger partial charge is 0.746 e. The Kier molecular flexibility index (Phi) is 12.3. The van der Waals surface area contributed by atoms with E-state index in [1.165, 1.54) is 0 Å². The molecule has 4 N–H and O–H groups in total. The molecule has 0 aromatic rings. The molecule has 1 unspecified atom stereocenters. The minimum Gasteiger partial charge on any atom is -0.746 e. The Labute approximate surface area is 225 Å². The van der Waals surface area contributed by atoms with Gasteiger partial charge in [-0.15, -0.1) is 0 Å². The van der Waals surface area contributed by atoms with Crippen LogP contribution in [0.3, 0.4) is 0 Å². The van der Waals surface area contributed by atoms with E-state index in [9.17, 15) is 41.2 Å². The van der Waals surface area contributed by atoms with Crippen LogP contribution in [0.5, 0.6) is 0 Å². The van der Waals surface area contributed by atoms with Crippen LogP contribution >= 0.6 is 0 Å². The minimum absolute atomic E-state index is 0. The maximum Gasteiger partial charge on any atom is 1.00 e. The summed E-state index contributed by atoms with van der Waals surface area (Å²) < 4.78 is 66.0. The van der Waals surface area contributed by atoms with E-state index in [1.54, 1.807) is 13.8 Å². The second-order valence-corrected chi connectivity index (χ2v) is 10.8. The van der Waals surface area contributed by atoms with Crippen LogP contribution in [0.15, 0.2) is 0 Å². The number of carbonyl (C=O) groups is 3. The van der Waals surface area contributed by atoms with Crippen LogP contribution in [0.2, 0.25) is 0 Å². The van der Waals surface area contributed by atoms with Crippen LogP contribution in [0.25, 0.3) is 0 Å². The van der Waals surface area contributed by atoms with E-state index >= 15 is 0 Å². The largest absolute Gasteiger partial charge is 1.00 e. The number of aliphatic hydroxyl groups is 1. The first-order chi connectivity index (χ1) is 15.7. The van der Waals surface area contributed by atoms with Crippen LogP contribution in [0, 0.1) is 11.8 Å². The Bertz CT molecular complexity index is 851. The first-order valence-electron chi connectivity index (χ1n) is 11.2. The number of halogens is 2. The van der Waals surface area contributed by atoms with E-state index in [4.69, 9.17) is 4.74 Å². The molecule has 1 aliphatic heterocycles. The number of alkyl carbamates (subject to hydrolysis) is 1. The molecule has 1 saturated heterocycles. The fraction of sp³-hybridized carbons (Fsp3) is 0.850. The van der Waals surface area contributed by atoms with Gasteiger partial charge in [-0.2, -0.15) is 0 Å². The fourth-order valence-electron chi connectivity index (χ4n) is 4.07. The second kappa shape index (κ2) is 13.5. The average Bonchev–Trinajstić information content (AvgIpc) is 3.11. The van der Waals surface area contributed by atoms with Gasteiger partial charge in [0.05, 0.1) is 6.04 Å². The standard InChI is InChI=1S/C20H33F2N3O8S.Na/c1-11(2)9-14(25-19(29)33-13-3-6-20(21,22)7-4-13)17(27)24-15(18(28)34(30,31)32)10-12-5-8-23-16(12)26;/h11-15,18,28H,3-10H2,1-2H3,(H,23,26)(H,24,27)(H,25,29)(H,30,31,32);/q;+1/p-1/t12-,14-,15-,18?;/m0./s1. The van der Waals surface area contributed by atoms with Crippen molar-refractivity contribution in [2.45, 2.75) is 88.3 Å². The quantitative estimate of drug-likeness (QED) is 0.177. The number of alkyl halides is 2. The molecule has 11 nitrogen and oxygen atoms in total. The third kappa shape index (κ3) is 10.4. The molecule has 2 fully saturated rings. The summed E-state index contributed by atoms with van der Waals surface area (Å²) in [5.41, 5.74) is -2.50. The van der Waals surface area contributed by atoms with Gasteiger partial charge in [0, 0.05) is 25.3 Å². The van der Waals surface area contributed by atoms with Gasteiger partial charge in [0.2, 0.25) is 17.7 Å². The van der Waals surface area contributed by atoms with E-state index in [2.05, 4.69) is 16.0 Å². The first-order valence-corrected chi connectivity index (χ1v) is 12.7. The molecular weight excluding hydrogens is 503 g/mol. The fourth-order valence-corrected chi connectivity index (χ4v) is 4.65. The Morgan fingerprint density at radius 3 is 2.31 bits per heavy atom. The van der Waals surface area contributed by atoms with Gasteiger partial charge in [-0.25, -0.2) is 22.0 Å². The molecule has 2 rings (SSSR count). The van der Waals surface area contributed by atoms with Gasteiger partial charge in [-0.3, -0.25) is 9.59 Å². The van der Waals surface area contributed by atoms with Gasteiger partial charge in [0.1, 0.15) is 22.3 Å². The maximum absolute atomic E-state index is 13.3. The number of hydrogen-bond acceptors (Lipinski definition) is 8. The minimum atomic E-state index is -5.22. The summed E-state index contributed by atoms with van der Waals surface area (Å²) in [6, 6.07) is -2.81. The molecule has 15 heteroatoms. The van der Waals surface area contributed by atoms with Crippen molar-refractivity contribution in [3.8, 4) is 0 Å². The number of ether oxygens (including phenoxy) is 1. The van der Waals surface area contributed by atoms with Crippen LogP contribution in [0.1, 0.15) is 58.8 Å². The second-order valence-electron chi connectivity index (χ2n) is 9.30. The van der Waals surface area contributed by atoms with Crippen LogP contribution in [0.4, 0.5) is 13.6 Å². The molecule has 196 valence electrons. The normalized spacial score (nSPS) is 22.9. The average molecular weight is 536 g/mol. The molecule has 0 aromatic carbocycles. The van der Waals surface area contributed by atoms with Crippen LogP contribution in [-0.2, 0) is 24.4 Å². The third-order valence-corrected chi connectivity index (χ3v) is 6.84. The number of amides is 3. The number of rotatable bonds is 10. The molecule has 0 spiro atoms. The number of carbonyl (C=O) groups excluding carboxylic acids is 3. The van der Waals surface area contributed by atoms with Crippen molar-refractivity contribution >= 4 is 28.0 Å². The van der Waals surface area contributed by atoms with Crippen molar-refractivity contribution in [2.24, 2.45) is 11.8 Å². The van der Waals surface area contributed by atoms with Crippen molar-refractivity contribution in [1.82, 2.24) is 16.0 Å². The summed E-state index contributed by atoms with van der Waals surface area (Å²) in [6.45, 7) is 3.85. The molecule has 0 radical (unpaired) electrons. The van der Waals surface area contributed by atoms with E-state index in [-0.39, 0.29) is 61.2 Å². The van der Waals surface area contributed by atoms with Crippen molar-refractivity contribution in [3.05, 3.63) is 0 Å². The summed E-state index contributed by atoms with van der Waals surface area (Å²) in [5, 5.41) is 17.2. The van der Waals surface area contributed by atoms with Gasteiger partial charge < -0.3 is 30.3 Å². The van der Waals surface area contributed by atoms with E-state index in [0.717, 1.165) is 0 Å². The number of hydrogen-bond donors (Lipinski definition) is 4. The molecule has 1 aliphatic carbocycles. The van der Waals surface area contributed by atoms with Crippen molar-refractivity contribution in [3.63, 3.8) is 0 Å². The SMILES string of the molecule is CC(C)C[C@H](NC(=O)OC1CCC(F)(F)CC1)C(=O)N[C@@H](C[C@@H]1CCNC1=O)C(O)S(=O)(=O)[O-].[Na+]. The van der Waals surface area contributed by atoms with E-state index in [1.807, 2.05) is 0 Å². The molecule has 3 amide bonds. The molecular formula is C20H32F2N3NaO8S. The summed E-state index contributed by atoms with van der Waals surface area (Å²) in [5.74, 6) is -4.91. The zero-order valence-corrected chi connectivity index (χ0v) is 22.9. The molecule has 35 heavy (non-hydrogen) atoms. The Morgan fingerprint density at radius 2 is 1.83 bits per heavy atom. The van der Waals surface area contributed by atoms with Crippen molar-refractivity contribution < 1.29 is 75.5 Å². The van der Waals surface area contributed by atoms with Gasteiger partial charge in [-0.1, -0.05) is 13.8 Å². The number of nitrogens with one attached hydrogen (secondary N) is 3. The molecule has 0 aromatic heterocycles. The first kappa shape index (κ1) is 32.0. The third-order valence-electron chi connectivity index (χ3n) is 5.92. The molecule has 1 heterocycles. The predicted octanol–water partition coefficient (Wildman–Crippen LogP) is -2.42. The maximum atomic E-state index is 13.3. The Balaban J connectivity index is 0.00000612. The van der Waals surface area contributed by atoms with Gasteiger partial charge in [0.15, 0.2) is 5.44 Å². The Morgan fingerprint density at radius 1 is 1.23 bits per heavy atom. The zero-order valence-electron chi connectivity index (χ0n) is 20.1. The van der Waals surface area contributed by atoms with Gasteiger partial charge >= 0.3 is 35.7 Å². The molecule has 4 atom stereocenters. The van der Waals surface area contributed by atoms with Gasteiger partial charge in [-0.05, 0) is 38.0 Å². The molecule has 1 saturated carbocycles. The summed E-state index contributed by atoms with van der Waals surface area (Å²) >= 11 is 0. The van der Waals surface area contributed by atoms with E-state index in [0.29, 0.717) is 13.0 Å². The molecule has 2 aliphatic rings. The molecule has 0 bridgehead atoms. The summed E-state index contributed by atoms with van der Waals surface area (Å²) in [7, 11) is -5.22. The Hall–Kier alpha value is -1.06.